The number of hydrogen-bond acceptors (Lipinski definition) is 7. The Morgan fingerprint density at radius 1 is 1.03 bits per heavy atom. The largest absolute Gasteiger partial charge is 0.480 e. The fraction of sp³-hybridized carbons (Fsp3) is 0.125. The minimum atomic E-state index is -3.27. The number of nitriles is 1. The lowest BCUT2D eigenvalue weighted by Crippen LogP contribution is -2.03. The second kappa shape index (κ2) is 8.29. The topological polar surface area (TPSA) is 119 Å². The molecular weight excluding hydrogens is 424 g/mol. The summed E-state index contributed by atoms with van der Waals surface area (Å²) in [4.78, 5) is 8.99. The van der Waals surface area contributed by atoms with Crippen LogP contribution in [0.4, 0.5) is 5.82 Å². The second-order valence-corrected chi connectivity index (χ2v) is 9.43. The van der Waals surface area contributed by atoms with Crippen molar-refractivity contribution in [3.05, 3.63) is 66.4 Å². The van der Waals surface area contributed by atoms with Crippen LogP contribution in [0.15, 0.2) is 65.7 Å². The summed E-state index contributed by atoms with van der Waals surface area (Å²) >= 11 is 0. The quantitative estimate of drug-likeness (QED) is 0.489. The molecule has 4 aromatic rings. The molecule has 0 saturated heterocycles. The van der Waals surface area contributed by atoms with E-state index in [2.05, 4.69) is 16.0 Å². The van der Waals surface area contributed by atoms with Gasteiger partial charge >= 0.3 is 0 Å². The summed E-state index contributed by atoms with van der Waals surface area (Å²) < 4.78 is 29.3. The molecule has 2 N–H and O–H groups in total. The molecule has 2 aromatic carbocycles. The Hall–Kier alpha value is -3.96. The molecular formula is C24H20N4O3S. The van der Waals surface area contributed by atoms with Gasteiger partial charge in [0.25, 0.3) is 0 Å². The Balaban J connectivity index is 1.79. The number of aromatic nitrogens is 2. The standard InChI is InChI=1S/C24H20N4O3S/c1-3-32(29,30)20-7-4-15(5-8-20)21-12-17-10-16(6-9-22(17)28-23(21)26)19-11-18(13-25)24(31-2)27-14-19/h4-12,14H,3H2,1-2H3,(H2,26,28). The predicted octanol–water partition coefficient (Wildman–Crippen LogP) is 4.22. The maximum Gasteiger partial charge on any atom is 0.231 e. The van der Waals surface area contributed by atoms with Gasteiger partial charge in [-0.15, -0.1) is 0 Å². The number of pyridine rings is 2. The van der Waals surface area contributed by atoms with Crippen molar-refractivity contribution in [2.75, 3.05) is 18.6 Å². The summed E-state index contributed by atoms with van der Waals surface area (Å²) in [5.41, 5.74) is 10.4. The van der Waals surface area contributed by atoms with Crippen LogP contribution in [0.25, 0.3) is 33.2 Å². The van der Waals surface area contributed by atoms with Crippen LogP contribution in [-0.2, 0) is 9.84 Å². The number of methoxy groups -OCH3 is 1. The Morgan fingerprint density at radius 3 is 2.41 bits per heavy atom. The van der Waals surface area contributed by atoms with Crippen LogP contribution in [0, 0.1) is 11.3 Å². The maximum atomic E-state index is 12.1. The van der Waals surface area contributed by atoms with Crippen LogP contribution >= 0.6 is 0 Å². The molecule has 0 aliphatic rings. The third-order valence-corrected chi connectivity index (χ3v) is 7.00. The van der Waals surface area contributed by atoms with Crippen LogP contribution < -0.4 is 10.5 Å². The Labute approximate surface area is 186 Å². The highest BCUT2D eigenvalue weighted by Gasteiger charge is 2.13. The highest BCUT2D eigenvalue weighted by Crippen LogP contribution is 2.32. The maximum absolute atomic E-state index is 12.1. The van der Waals surface area contributed by atoms with E-state index in [1.165, 1.54) is 7.11 Å². The lowest BCUT2D eigenvalue weighted by Gasteiger charge is -2.10. The molecule has 0 aliphatic carbocycles. The zero-order valence-corrected chi connectivity index (χ0v) is 18.3. The number of hydrogen-bond donors (Lipinski definition) is 1. The molecule has 0 unspecified atom stereocenters. The number of nitrogens with two attached hydrogens (primary N) is 1. The lowest BCUT2D eigenvalue weighted by molar-refractivity contribution is 0.396. The third-order valence-electron chi connectivity index (χ3n) is 5.25. The van der Waals surface area contributed by atoms with Crippen LogP contribution in [0.2, 0.25) is 0 Å². The number of nitrogens with zero attached hydrogens (tertiary/aromatic N) is 3. The van der Waals surface area contributed by atoms with E-state index in [4.69, 9.17) is 10.5 Å². The average molecular weight is 445 g/mol. The van der Waals surface area contributed by atoms with E-state index in [-0.39, 0.29) is 16.5 Å². The molecule has 0 spiro atoms. The van der Waals surface area contributed by atoms with E-state index in [1.807, 2.05) is 24.3 Å². The van der Waals surface area contributed by atoms with E-state index in [0.29, 0.717) is 16.9 Å². The fourth-order valence-electron chi connectivity index (χ4n) is 3.46. The molecule has 4 rings (SSSR count). The average Bonchev–Trinajstić information content (AvgIpc) is 2.83. The zero-order valence-electron chi connectivity index (χ0n) is 17.5. The molecule has 7 nitrogen and oxygen atoms in total. The van der Waals surface area contributed by atoms with E-state index in [9.17, 15) is 13.7 Å². The van der Waals surface area contributed by atoms with Gasteiger partial charge in [-0.25, -0.2) is 18.4 Å². The van der Waals surface area contributed by atoms with Gasteiger partial charge in [0.15, 0.2) is 9.84 Å². The summed E-state index contributed by atoms with van der Waals surface area (Å²) in [6.45, 7) is 1.62. The van der Waals surface area contributed by atoms with Crippen molar-refractivity contribution >= 4 is 26.6 Å². The van der Waals surface area contributed by atoms with Gasteiger partial charge in [0.1, 0.15) is 17.5 Å². The molecule has 8 heteroatoms. The van der Waals surface area contributed by atoms with Gasteiger partial charge in [0.05, 0.1) is 23.3 Å². The Bertz CT molecular complexity index is 1470. The van der Waals surface area contributed by atoms with Crippen molar-refractivity contribution in [1.82, 2.24) is 9.97 Å². The first-order valence-electron chi connectivity index (χ1n) is 9.84. The second-order valence-electron chi connectivity index (χ2n) is 7.15. The van der Waals surface area contributed by atoms with Crippen molar-refractivity contribution in [2.45, 2.75) is 11.8 Å². The normalized spacial score (nSPS) is 11.3. The summed E-state index contributed by atoms with van der Waals surface area (Å²) in [5.74, 6) is 0.680. The number of anilines is 1. The van der Waals surface area contributed by atoms with Crippen molar-refractivity contribution in [2.24, 2.45) is 0 Å². The smallest absolute Gasteiger partial charge is 0.231 e. The van der Waals surface area contributed by atoms with Gasteiger partial charge in [-0.1, -0.05) is 25.1 Å². The zero-order chi connectivity index (χ0) is 22.9. The van der Waals surface area contributed by atoms with Crippen molar-refractivity contribution < 1.29 is 13.2 Å². The third kappa shape index (κ3) is 3.86. The monoisotopic (exact) mass is 444 g/mol. The minimum absolute atomic E-state index is 0.0442. The fourth-order valence-corrected chi connectivity index (χ4v) is 4.35. The van der Waals surface area contributed by atoms with Crippen LogP contribution in [0.1, 0.15) is 12.5 Å². The van der Waals surface area contributed by atoms with Crippen LogP contribution in [0.5, 0.6) is 5.88 Å². The first-order valence-corrected chi connectivity index (χ1v) is 11.5. The minimum Gasteiger partial charge on any atom is -0.480 e. The number of ether oxygens (including phenoxy) is 1. The van der Waals surface area contributed by atoms with E-state index in [0.717, 1.165) is 27.6 Å². The number of nitrogen functional groups attached to an aromatic ring is 1. The predicted molar refractivity (Wildman–Crippen MR) is 124 cm³/mol. The highest BCUT2D eigenvalue weighted by atomic mass is 32.2. The van der Waals surface area contributed by atoms with E-state index < -0.39 is 9.84 Å². The number of fused-ring (bicyclic) bond motifs is 1. The molecule has 0 radical (unpaired) electrons. The first kappa shape index (κ1) is 21.3. The van der Waals surface area contributed by atoms with Gasteiger partial charge in [0, 0.05) is 22.7 Å². The van der Waals surface area contributed by atoms with E-state index >= 15 is 0 Å². The Morgan fingerprint density at radius 2 is 1.75 bits per heavy atom. The van der Waals surface area contributed by atoms with Gasteiger partial charge in [-0.05, 0) is 47.5 Å². The summed E-state index contributed by atoms with van der Waals surface area (Å²) in [6.07, 6.45) is 1.65. The highest BCUT2D eigenvalue weighted by molar-refractivity contribution is 7.91. The molecule has 2 heterocycles. The summed E-state index contributed by atoms with van der Waals surface area (Å²) in [5, 5.41) is 10.2. The van der Waals surface area contributed by atoms with E-state index in [1.54, 1.807) is 43.5 Å². The number of rotatable bonds is 5. The number of benzene rings is 2. The van der Waals surface area contributed by atoms with Crippen molar-refractivity contribution in [1.29, 1.82) is 5.26 Å². The summed E-state index contributed by atoms with van der Waals surface area (Å²) in [6, 6.07) is 18.1. The van der Waals surface area contributed by atoms with Crippen molar-refractivity contribution in [3.8, 4) is 34.2 Å². The lowest BCUT2D eigenvalue weighted by atomic mass is 10.0. The van der Waals surface area contributed by atoms with Gasteiger partial charge in [0.2, 0.25) is 5.88 Å². The Kier molecular flexibility index (Phi) is 5.51. The SMILES string of the molecule is CCS(=O)(=O)c1ccc(-c2cc3cc(-c4cnc(OC)c(C#N)c4)ccc3nc2N)cc1. The first-order chi connectivity index (χ1) is 15.4. The molecule has 0 amide bonds. The van der Waals surface area contributed by atoms with Gasteiger partial charge < -0.3 is 10.5 Å². The molecule has 0 aliphatic heterocycles. The van der Waals surface area contributed by atoms with Crippen molar-refractivity contribution in [3.63, 3.8) is 0 Å². The number of sulfone groups is 1. The van der Waals surface area contributed by atoms with Gasteiger partial charge in [-0.3, -0.25) is 0 Å². The van der Waals surface area contributed by atoms with Gasteiger partial charge in [-0.2, -0.15) is 5.26 Å². The summed E-state index contributed by atoms with van der Waals surface area (Å²) in [7, 11) is -1.80. The molecule has 160 valence electrons. The van der Waals surface area contributed by atoms with Crippen LogP contribution in [0.3, 0.4) is 0 Å². The molecule has 0 atom stereocenters. The molecule has 32 heavy (non-hydrogen) atoms. The molecule has 0 saturated carbocycles. The molecule has 2 aromatic heterocycles. The molecule has 0 bridgehead atoms. The van der Waals surface area contributed by atoms with Crippen LogP contribution in [-0.4, -0.2) is 31.2 Å². The molecule has 0 fully saturated rings.